The lowest BCUT2D eigenvalue weighted by atomic mass is 10.3. The Morgan fingerprint density at radius 2 is 1.94 bits per heavy atom. The van der Waals surface area contributed by atoms with E-state index in [1.54, 1.807) is 18.2 Å². The van der Waals surface area contributed by atoms with Crippen molar-refractivity contribution in [2.75, 3.05) is 6.16 Å². The minimum Gasteiger partial charge on any atom is -0.481 e. The molecule has 0 aliphatic carbocycles. The summed E-state index contributed by atoms with van der Waals surface area (Å²) < 4.78 is 20.4. The van der Waals surface area contributed by atoms with Crippen molar-refractivity contribution < 1.29 is 28.9 Å². The molecule has 88 valence electrons. The van der Waals surface area contributed by atoms with E-state index in [1.165, 1.54) is 12.1 Å². The van der Waals surface area contributed by atoms with Crippen molar-refractivity contribution in [3.8, 4) is 5.75 Å². The van der Waals surface area contributed by atoms with Gasteiger partial charge < -0.3 is 9.63 Å². The SMILES string of the molecule is O=C(O)CCP(=O)(OO)Oc1ccccc1. The van der Waals surface area contributed by atoms with Gasteiger partial charge in [-0.25, -0.2) is 9.82 Å². The number of carboxylic acid groups (broad SMARTS) is 1. The number of aliphatic carboxylic acids is 1. The van der Waals surface area contributed by atoms with Gasteiger partial charge in [-0.05, 0) is 12.1 Å². The van der Waals surface area contributed by atoms with E-state index in [1.807, 2.05) is 0 Å². The molecule has 0 spiro atoms. The van der Waals surface area contributed by atoms with Gasteiger partial charge in [0.25, 0.3) is 0 Å². The number of hydrogen-bond acceptors (Lipinski definition) is 5. The van der Waals surface area contributed by atoms with E-state index in [0.29, 0.717) is 0 Å². The predicted molar refractivity (Wildman–Crippen MR) is 55.5 cm³/mol. The van der Waals surface area contributed by atoms with Crippen LogP contribution in [0.25, 0.3) is 0 Å². The summed E-state index contributed by atoms with van der Waals surface area (Å²) in [5.41, 5.74) is 0. The molecule has 0 saturated carbocycles. The quantitative estimate of drug-likeness (QED) is 0.454. The molecular formula is C9H11O6P. The molecule has 1 aromatic carbocycles. The van der Waals surface area contributed by atoms with Gasteiger partial charge in [0.05, 0.1) is 12.6 Å². The maximum Gasteiger partial charge on any atom is 0.406 e. The van der Waals surface area contributed by atoms with Crippen LogP contribution >= 0.6 is 7.60 Å². The fraction of sp³-hybridized carbons (Fsp3) is 0.222. The second kappa shape index (κ2) is 5.65. The average molecular weight is 246 g/mol. The van der Waals surface area contributed by atoms with E-state index >= 15 is 0 Å². The summed E-state index contributed by atoms with van der Waals surface area (Å²) in [6, 6.07) is 8.07. The van der Waals surface area contributed by atoms with Crippen molar-refractivity contribution in [2.45, 2.75) is 6.42 Å². The van der Waals surface area contributed by atoms with Gasteiger partial charge in [0, 0.05) is 0 Å². The third kappa shape index (κ3) is 4.02. The first-order valence-corrected chi connectivity index (χ1v) is 6.17. The molecule has 1 aromatic rings. The molecule has 0 radical (unpaired) electrons. The van der Waals surface area contributed by atoms with Gasteiger partial charge >= 0.3 is 13.6 Å². The highest BCUT2D eigenvalue weighted by Crippen LogP contribution is 2.47. The van der Waals surface area contributed by atoms with Gasteiger partial charge in [0.2, 0.25) is 0 Å². The van der Waals surface area contributed by atoms with E-state index < -0.39 is 26.1 Å². The molecule has 1 atom stereocenters. The first-order chi connectivity index (χ1) is 7.56. The molecule has 0 bridgehead atoms. The van der Waals surface area contributed by atoms with Gasteiger partial charge in [-0.2, -0.15) is 0 Å². The molecule has 1 unspecified atom stereocenters. The third-order valence-electron chi connectivity index (χ3n) is 1.71. The first kappa shape index (κ1) is 12.7. The maximum atomic E-state index is 11.7. The Hall–Kier alpha value is -1.36. The lowest BCUT2D eigenvalue weighted by molar-refractivity contribution is -0.145. The predicted octanol–water partition coefficient (Wildman–Crippen LogP) is 2.22. The van der Waals surface area contributed by atoms with Crippen molar-refractivity contribution in [3.05, 3.63) is 30.3 Å². The highest BCUT2D eigenvalue weighted by molar-refractivity contribution is 7.54. The summed E-state index contributed by atoms with van der Waals surface area (Å²) in [6.45, 7) is 0. The summed E-state index contributed by atoms with van der Waals surface area (Å²) in [5.74, 6) is -0.904. The molecule has 0 aliphatic rings. The highest BCUT2D eigenvalue weighted by atomic mass is 31.2. The van der Waals surface area contributed by atoms with Gasteiger partial charge in [0.15, 0.2) is 0 Å². The van der Waals surface area contributed by atoms with Crippen LogP contribution in [0.4, 0.5) is 0 Å². The van der Waals surface area contributed by atoms with Crippen LogP contribution in [-0.2, 0) is 14.0 Å². The number of carbonyl (C=O) groups is 1. The van der Waals surface area contributed by atoms with Crippen molar-refractivity contribution in [1.82, 2.24) is 0 Å². The molecule has 6 nitrogen and oxygen atoms in total. The van der Waals surface area contributed by atoms with Crippen LogP contribution in [0.1, 0.15) is 6.42 Å². The lowest BCUT2D eigenvalue weighted by Gasteiger charge is -2.14. The summed E-state index contributed by atoms with van der Waals surface area (Å²) >= 11 is 0. The number of hydrogen-bond donors (Lipinski definition) is 2. The summed E-state index contributed by atoms with van der Waals surface area (Å²) in [7, 11) is -3.80. The Kier molecular flexibility index (Phi) is 4.49. The summed E-state index contributed by atoms with van der Waals surface area (Å²) in [5, 5.41) is 16.9. The Labute approximate surface area is 91.9 Å². The zero-order valence-corrected chi connectivity index (χ0v) is 9.17. The molecule has 0 aliphatic heterocycles. The molecule has 0 aromatic heterocycles. The van der Waals surface area contributed by atoms with Crippen LogP contribution in [0.2, 0.25) is 0 Å². The fourth-order valence-corrected chi connectivity index (χ4v) is 2.09. The van der Waals surface area contributed by atoms with E-state index in [4.69, 9.17) is 14.9 Å². The summed E-state index contributed by atoms with van der Waals surface area (Å²) in [6.07, 6.45) is -0.807. The number of para-hydroxylation sites is 1. The Bertz CT molecular complexity index is 390. The van der Waals surface area contributed by atoms with E-state index in [0.717, 1.165) is 0 Å². The smallest absolute Gasteiger partial charge is 0.406 e. The van der Waals surface area contributed by atoms with Gasteiger partial charge in [-0.15, -0.1) is 4.67 Å². The molecule has 16 heavy (non-hydrogen) atoms. The Morgan fingerprint density at radius 3 is 2.44 bits per heavy atom. The topological polar surface area (TPSA) is 93.1 Å². The average Bonchev–Trinajstić information content (AvgIpc) is 2.28. The molecule has 0 fully saturated rings. The lowest BCUT2D eigenvalue weighted by Crippen LogP contribution is -2.05. The second-order valence-electron chi connectivity index (χ2n) is 2.96. The molecule has 1 rings (SSSR count). The zero-order valence-electron chi connectivity index (χ0n) is 8.28. The van der Waals surface area contributed by atoms with Crippen LogP contribution in [0, 0.1) is 0 Å². The first-order valence-electron chi connectivity index (χ1n) is 4.44. The van der Waals surface area contributed by atoms with Gasteiger partial charge in [0.1, 0.15) is 5.75 Å². The van der Waals surface area contributed by atoms with Gasteiger partial charge in [-0.1, -0.05) is 18.2 Å². The standard InChI is InChI=1S/C9H11O6P/c10-9(11)6-7-16(13,15-12)14-8-4-2-1-3-5-8/h1-5,12H,6-7H2,(H,10,11). The van der Waals surface area contributed by atoms with Crippen LogP contribution < -0.4 is 4.52 Å². The Balaban J connectivity index is 2.67. The molecular weight excluding hydrogens is 235 g/mol. The number of benzene rings is 1. The summed E-state index contributed by atoms with van der Waals surface area (Å²) in [4.78, 5) is 10.3. The van der Waals surface area contributed by atoms with E-state index in [-0.39, 0.29) is 5.75 Å². The van der Waals surface area contributed by atoms with Crippen LogP contribution in [0.5, 0.6) is 5.75 Å². The van der Waals surface area contributed by atoms with Crippen molar-refractivity contribution >= 4 is 13.6 Å². The molecule has 7 heteroatoms. The zero-order chi connectivity index (χ0) is 12.0. The highest BCUT2D eigenvalue weighted by Gasteiger charge is 2.27. The van der Waals surface area contributed by atoms with E-state index in [9.17, 15) is 9.36 Å². The maximum absolute atomic E-state index is 11.7. The van der Waals surface area contributed by atoms with Gasteiger partial charge in [-0.3, -0.25) is 4.79 Å². The van der Waals surface area contributed by atoms with Crippen molar-refractivity contribution in [2.24, 2.45) is 0 Å². The molecule has 2 N–H and O–H groups in total. The van der Waals surface area contributed by atoms with Crippen LogP contribution in [0.15, 0.2) is 30.3 Å². The van der Waals surface area contributed by atoms with Crippen molar-refractivity contribution in [3.63, 3.8) is 0 Å². The minimum absolute atomic E-state index is 0.241. The molecule has 0 amide bonds. The molecule has 0 saturated heterocycles. The molecule has 0 heterocycles. The normalized spacial score (nSPS) is 14.1. The second-order valence-corrected chi connectivity index (χ2v) is 4.98. The van der Waals surface area contributed by atoms with Crippen molar-refractivity contribution in [1.29, 1.82) is 0 Å². The Morgan fingerprint density at radius 1 is 1.31 bits per heavy atom. The monoisotopic (exact) mass is 246 g/mol. The number of rotatable bonds is 6. The fourth-order valence-electron chi connectivity index (χ4n) is 0.978. The minimum atomic E-state index is -3.80. The third-order valence-corrected chi connectivity index (χ3v) is 3.22. The van der Waals surface area contributed by atoms with Crippen LogP contribution in [-0.4, -0.2) is 22.5 Å². The number of carboxylic acids is 1. The largest absolute Gasteiger partial charge is 0.481 e. The van der Waals surface area contributed by atoms with Crippen LogP contribution in [0.3, 0.4) is 0 Å². The van der Waals surface area contributed by atoms with E-state index in [2.05, 4.69) is 4.67 Å².